The van der Waals surface area contributed by atoms with E-state index in [0.717, 1.165) is 26.0 Å². The lowest BCUT2D eigenvalue weighted by Gasteiger charge is -2.20. The minimum atomic E-state index is 0.300. The van der Waals surface area contributed by atoms with Gasteiger partial charge in [-0.05, 0) is 45.7 Å². The molecule has 0 bridgehead atoms. The lowest BCUT2D eigenvalue weighted by Crippen LogP contribution is -2.36. The molecule has 0 heterocycles. The van der Waals surface area contributed by atoms with Gasteiger partial charge in [0.25, 0.3) is 0 Å². The molecular weight excluding hydrogens is 222 g/mol. The van der Waals surface area contributed by atoms with Crippen LogP contribution in [0, 0.1) is 6.92 Å². The third-order valence-electron chi connectivity index (χ3n) is 2.92. The first kappa shape index (κ1) is 15.2. The lowest BCUT2D eigenvalue weighted by atomic mass is 10.0. The van der Waals surface area contributed by atoms with Crippen LogP contribution in [-0.4, -0.2) is 25.3 Å². The second kappa shape index (κ2) is 8.28. The van der Waals surface area contributed by atoms with Crippen LogP contribution in [0.25, 0.3) is 0 Å². The lowest BCUT2D eigenvalue weighted by molar-refractivity contribution is 0.0613. The standard InChI is InChI=1S/C16H27NO/c1-5-10-17-16(12-18-13(2)3)11-15-8-6-14(4)7-9-15/h6-9,13,16-17H,5,10-12H2,1-4H3. The maximum atomic E-state index is 5.73. The predicted octanol–water partition coefficient (Wildman–Crippen LogP) is 3.33. The van der Waals surface area contributed by atoms with Gasteiger partial charge in [0.15, 0.2) is 0 Å². The maximum Gasteiger partial charge on any atom is 0.0626 e. The minimum absolute atomic E-state index is 0.300. The normalized spacial score (nSPS) is 12.9. The van der Waals surface area contributed by atoms with Crippen molar-refractivity contribution in [2.24, 2.45) is 0 Å². The van der Waals surface area contributed by atoms with E-state index in [2.05, 4.69) is 57.3 Å². The van der Waals surface area contributed by atoms with Crippen molar-refractivity contribution in [3.8, 4) is 0 Å². The molecule has 1 aromatic rings. The molecule has 0 saturated heterocycles. The molecule has 1 N–H and O–H groups in total. The summed E-state index contributed by atoms with van der Waals surface area (Å²) in [6.07, 6.45) is 2.49. The van der Waals surface area contributed by atoms with Crippen molar-refractivity contribution in [3.05, 3.63) is 35.4 Å². The first-order chi connectivity index (χ1) is 8.61. The molecule has 0 spiro atoms. The maximum absolute atomic E-state index is 5.73. The van der Waals surface area contributed by atoms with E-state index in [0.29, 0.717) is 12.1 Å². The molecule has 0 aliphatic heterocycles. The largest absolute Gasteiger partial charge is 0.377 e. The van der Waals surface area contributed by atoms with Gasteiger partial charge in [-0.25, -0.2) is 0 Å². The van der Waals surface area contributed by atoms with Crippen LogP contribution in [0.5, 0.6) is 0 Å². The topological polar surface area (TPSA) is 21.3 Å². The molecule has 0 saturated carbocycles. The van der Waals surface area contributed by atoms with Crippen LogP contribution < -0.4 is 5.32 Å². The Bertz CT molecular complexity index is 318. The molecule has 2 nitrogen and oxygen atoms in total. The third-order valence-corrected chi connectivity index (χ3v) is 2.92. The molecule has 0 aliphatic carbocycles. The summed E-state index contributed by atoms with van der Waals surface area (Å²) < 4.78 is 5.73. The van der Waals surface area contributed by atoms with Crippen molar-refractivity contribution >= 4 is 0 Å². The van der Waals surface area contributed by atoms with E-state index >= 15 is 0 Å². The second-order valence-corrected chi connectivity index (χ2v) is 5.22. The van der Waals surface area contributed by atoms with E-state index in [9.17, 15) is 0 Å². The van der Waals surface area contributed by atoms with E-state index in [1.54, 1.807) is 0 Å². The molecule has 1 rings (SSSR count). The summed E-state index contributed by atoms with van der Waals surface area (Å²) in [4.78, 5) is 0. The third kappa shape index (κ3) is 6.18. The quantitative estimate of drug-likeness (QED) is 0.763. The number of benzene rings is 1. The Kier molecular flexibility index (Phi) is 6.99. The van der Waals surface area contributed by atoms with Crippen molar-refractivity contribution in [1.29, 1.82) is 0 Å². The summed E-state index contributed by atoms with van der Waals surface area (Å²) in [5, 5.41) is 3.56. The van der Waals surface area contributed by atoms with Gasteiger partial charge in [0.05, 0.1) is 12.7 Å². The fraction of sp³-hybridized carbons (Fsp3) is 0.625. The highest BCUT2D eigenvalue weighted by Crippen LogP contribution is 2.07. The molecule has 1 unspecified atom stereocenters. The fourth-order valence-corrected chi connectivity index (χ4v) is 1.86. The van der Waals surface area contributed by atoms with Crippen molar-refractivity contribution in [1.82, 2.24) is 5.32 Å². The molecule has 0 radical (unpaired) electrons. The van der Waals surface area contributed by atoms with Crippen LogP contribution in [0.2, 0.25) is 0 Å². The van der Waals surface area contributed by atoms with E-state index in [-0.39, 0.29) is 0 Å². The zero-order valence-corrected chi connectivity index (χ0v) is 12.2. The summed E-state index contributed by atoms with van der Waals surface area (Å²) in [5.41, 5.74) is 2.69. The first-order valence-electron chi connectivity index (χ1n) is 7.02. The Morgan fingerprint density at radius 3 is 2.39 bits per heavy atom. The number of nitrogens with one attached hydrogen (secondary N) is 1. The van der Waals surface area contributed by atoms with Gasteiger partial charge in [-0.1, -0.05) is 36.8 Å². The average Bonchev–Trinajstić information content (AvgIpc) is 2.35. The first-order valence-corrected chi connectivity index (χ1v) is 7.02. The Hall–Kier alpha value is -0.860. The zero-order valence-electron chi connectivity index (χ0n) is 12.2. The van der Waals surface area contributed by atoms with Gasteiger partial charge in [0.2, 0.25) is 0 Å². The molecular formula is C16H27NO. The fourth-order valence-electron chi connectivity index (χ4n) is 1.86. The number of rotatable bonds is 8. The van der Waals surface area contributed by atoms with Gasteiger partial charge >= 0.3 is 0 Å². The summed E-state index contributed by atoms with van der Waals surface area (Å²) in [6, 6.07) is 9.19. The van der Waals surface area contributed by atoms with E-state index < -0.39 is 0 Å². The summed E-state index contributed by atoms with van der Waals surface area (Å²) in [6.45, 7) is 10.3. The van der Waals surface area contributed by atoms with Crippen LogP contribution in [0.15, 0.2) is 24.3 Å². The smallest absolute Gasteiger partial charge is 0.0626 e. The molecule has 18 heavy (non-hydrogen) atoms. The molecule has 1 atom stereocenters. The highest BCUT2D eigenvalue weighted by atomic mass is 16.5. The average molecular weight is 249 g/mol. The monoisotopic (exact) mass is 249 g/mol. The second-order valence-electron chi connectivity index (χ2n) is 5.22. The van der Waals surface area contributed by atoms with Crippen molar-refractivity contribution in [3.63, 3.8) is 0 Å². The van der Waals surface area contributed by atoms with Crippen LogP contribution in [0.4, 0.5) is 0 Å². The molecule has 0 amide bonds. The van der Waals surface area contributed by atoms with Gasteiger partial charge in [-0.15, -0.1) is 0 Å². The molecule has 0 fully saturated rings. The zero-order chi connectivity index (χ0) is 13.4. The Balaban J connectivity index is 2.50. The molecule has 2 heteroatoms. The molecule has 0 aromatic heterocycles. The van der Waals surface area contributed by atoms with E-state index in [4.69, 9.17) is 4.74 Å². The van der Waals surface area contributed by atoms with Crippen molar-refractivity contribution < 1.29 is 4.74 Å². The summed E-state index contributed by atoms with van der Waals surface area (Å²) in [7, 11) is 0. The van der Waals surface area contributed by atoms with Crippen molar-refractivity contribution in [2.75, 3.05) is 13.2 Å². The summed E-state index contributed by atoms with van der Waals surface area (Å²) in [5.74, 6) is 0. The Morgan fingerprint density at radius 2 is 1.83 bits per heavy atom. The predicted molar refractivity (Wildman–Crippen MR) is 78.1 cm³/mol. The molecule has 0 aliphatic rings. The minimum Gasteiger partial charge on any atom is -0.377 e. The summed E-state index contributed by atoms with van der Waals surface area (Å²) >= 11 is 0. The van der Waals surface area contributed by atoms with Crippen LogP contribution in [0.3, 0.4) is 0 Å². The van der Waals surface area contributed by atoms with Gasteiger partial charge in [0.1, 0.15) is 0 Å². The highest BCUT2D eigenvalue weighted by molar-refractivity contribution is 5.22. The van der Waals surface area contributed by atoms with Gasteiger partial charge in [-0.2, -0.15) is 0 Å². The van der Waals surface area contributed by atoms with E-state index in [1.165, 1.54) is 11.1 Å². The Labute approximate surface area is 112 Å². The number of ether oxygens (including phenoxy) is 1. The van der Waals surface area contributed by atoms with Crippen LogP contribution in [0.1, 0.15) is 38.3 Å². The van der Waals surface area contributed by atoms with Crippen LogP contribution in [-0.2, 0) is 11.2 Å². The number of hydrogen-bond donors (Lipinski definition) is 1. The van der Waals surface area contributed by atoms with Gasteiger partial charge in [0, 0.05) is 6.04 Å². The van der Waals surface area contributed by atoms with Crippen LogP contribution >= 0.6 is 0 Å². The van der Waals surface area contributed by atoms with E-state index in [1.807, 2.05) is 0 Å². The molecule has 102 valence electrons. The van der Waals surface area contributed by atoms with Gasteiger partial charge in [-0.3, -0.25) is 0 Å². The Morgan fingerprint density at radius 1 is 1.17 bits per heavy atom. The number of aryl methyl sites for hydroxylation is 1. The highest BCUT2D eigenvalue weighted by Gasteiger charge is 2.10. The molecule has 1 aromatic carbocycles. The van der Waals surface area contributed by atoms with Gasteiger partial charge < -0.3 is 10.1 Å². The SMILES string of the molecule is CCCNC(COC(C)C)Cc1ccc(C)cc1. The van der Waals surface area contributed by atoms with Crippen molar-refractivity contribution in [2.45, 2.75) is 52.7 Å². The number of hydrogen-bond acceptors (Lipinski definition) is 2.